The Kier molecular flexibility index (Phi) is 4.20. The fraction of sp³-hybridized carbons (Fsp3) is 0.875. The standard InChI is InChI=1S/C16H26N2O3/c1-11(15(19)17-8-4-2-3-5-9-17)18-12-6-7-14(18)13(10-12)16(20)21/h11-14H,2-10H2,1H3,(H,20,21). The summed E-state index contributed by atoms with van der Waals surface area (Å²) < 4.78 is 0. The molecule has 1 N–H and O–H groups in total. The van der Waals surface area contributed by atoms with E-state index in [1.54, 1.807) is 0 Å². The smallest absolute Gasteiger partial charge is 0.308 e. The number of rotatable bonds is 3. The molecule has 0 saturated carbocycles. The number of carboxylic acid groups (broad SMARTS) is 1. The van der Waals surface area contributed by atoms with Crippen molar-refractivity contribution in [2.75, 3.05) is 13.1 Å². The Bertz CT molecular complexity index is 418. The van der Waals surface area contributed by atoms with E-state index in [1.165, 1.54) is 12.8 Å². The number of amides is 1. The van der Waals surface area contributed by atoms with E-state index in [9.17, 15) is 14.7 Å². The lowest BCUT2D eigenvalue weighted by atomic mass is 9.89. The van der Waals surface area contributed by atoms with Gasteiger partial charge in [0.15, 0.2) is 0 Å². The van der Waals surface area contributed by atoms with Crippen LogP contribution in [0.1, 0.15) is 51.9 Å². The summed E-state index contributed by atoms with van der Waals surface area (Å²) in [6.07, 6.45) is 7.33. The van der Waals surface area contributed by atoms with Crippen LogP contribution in [0.3, 0.4) is 0 Å². The molecule has 3 aliphatic heterocycles. The number of hydrogen-bond acceptors (Lipinski definition) is 3. The highest BCUT2D eigenvalue weighted by molar-refractivity contribution is 5.82. The Balaban J connectivity index is 1.68. The third-order valence-electron chi connectivity index (χ3n) is 5.63. The highest BCUT2D eigenvalue weighted by Gasteiger charge is 2.52. The van der Waals surface area contributed by atoms with E-state index >= 15 is 0 Å². The Morgan fingerprint density at radius 2 is 1.76 bits per heavy atom. The summed E-state index contributed by atoms with van der Waals surface area (Å²) in [6, 6.07) is 0.199. The van der Waals surface area contributed by atoms with E-state index in [-0.39, 0.29) is 23.9 Å². The van der Waals surface area contributed by atoms with E-state index < -0.39 is 5.97 Å². The van der Waals surface area contributed by atoms with Gasteiger partial charge in [-0.25, -0.2) is 0 Å². The van der Waals surface area contributed by atoms with Crippen LogP contribution in [-0.4, -0.2) is 58.0 Å². The predicted octanol–water partition coefficient (Wildman–Crippen LogP) is 1.71. The molecular weight excluding hydrogens is 268 g/mol. The average Bonchev–Trinajstić information content (AvgIpc) is 2.92. The summed E-state index contributed by atoms with van der Waals surface area (Å²) >= 11 is 0. The Labute approximate surface area is 126 Å². The molecule has 0 aliphatic carbocycles. The molecule has 118 valence electrons. The van der Waals surface area contributed by atoms with E-state index in [1.807, 2.05) is 11.8 Å². The first-order valence-corrected chi connectivity index (χ1v) is 8.38. The molecule has 3 rings (SSSR count). The fourth-order valence-electron chi connectivity index (χ4n) is 4.58. The normalized spacial score (nSPS) is 34.7. The van der Waals surface area contributed by atoms with Gasteiger partial charge < -0.3 is 10.0 Å². The monoisotopic (exact) mass is 294 g/mol. The molecule has 5 nitrogen and oxygen atoms in total. The Morgan fingerprint density at radius 1 is 1.10 bits per heavy atom. The van der Waals surface area contributed by atoms with Crippen LogP contribution in [0.25, 0.3) is 0 Å². The van der Waals surface area contributed by atoms with Crippen LogP contribution in [0.15, 0.2) is 0 Å². The lowest BCUT2D eigenvalue weighted by Gasteiger charge is -2.33. The summed E-state index contributed by atoms with van der Waals surface area (Å²) in [4.78, 5) is 28.3. The molecule has 21 heavy (non-hydrogen) atoms. The van der Waals surface area contributed by atoms with Gasteiger partial charge in [-0.3, -0.25) is 14.5 Å². The molecule has 4 atom stereocenters. The molecule has 0 radical (unpaired) electrons. The third-order valence-corrected chi connectivity index (χ3v) is 5.63. The van der Waals surface area contributed by atoms with Gasteiger partial charge in [0.1, 0.15) is 0 Å². The van der Waals surface area contributed by atoms with Crippen molar-refractivity contribution in [2.45, 2.75) is 70.0 Å². The molecular formula is C16H26N2O3. The number of aliphatic carboxylic acids is 1. The molecule has 0 spiro atoms. The minimum Gasteiger partial charge on any atom is -0.481 e. The van der Waals surface area contributed by atoms with Crippen molar-refractivity contribution in [3.05, 3.63) is 0 Å². The van der Waals surface area contributed by atoms with E-state index in [0.29, 0.717) is 6.04 Å². The summed E-state index contributed by atoms with van der Waals surface area (Å²) in [5.74, 6) is -0.760. The highest BCUT2D eigenvalue weighted by Crippen LogP contribution is 2.43. The van der Waals surface area contributed by atoms with Gasteiger partial charge >= 0.3 is 5.97 Å². The zero-order valence-electron chi connectivity index (χ0n) is 12.8. The van der Waals surface area contributed by atoms with Crippen LogP contribution in [0, 0.1) is 5.92 Å². The minimum absolute atomic E-state index is 0.0680. The summed E-state index contributed by atoms with van der Waals surface area (Å²) in [5, 5.41) is 9.34. The number of hydrogen-bond donors (Lipinski definition) is 1. The van der Waals surface area contributed by atoms with Gasteiger partial charge in [0.2, 0.25) is 5.91 Å². The molecule has 4 unspecified atom stereocenters. The molecule has 3 heterocycles. The number of carboxylic acids is 1. The van der Waals surface area contributed by atoms with Crippen molar-refractivity contribution < 1.29 is 14.7 Å². The zero-order chi connectivity index (χ0) is 15.0. The van der Waals surface area contributed by atoms with E-state index in [2.05, 4.69) is 4.90 Å². The maximum absolute atomic E-state index is 12.8. The van der Waals surface area contributed by atoms with E-state index in [4.69, 9.17) is 0 Å². The highest BCUT2D eigenvalue weighted by atomic mass is 16.4. The Hall–Kier alpha value is -1.10. The van der Waals surface area contributed by atoms with E-state index in [0.717, 1.165) is 45.2 Å². The first-order chi connectivity index (χ1) is 10.1. The molecule has 1 amide bonds. The maximum atomic E-state index is 12.8. The van der Waals surface area contributed by atoms with Crippen molar-refractivity contribution in [1.82, 2.24) is 9.80 Å². The number of likely N-dealkylation sites (tertiary alicyclic amines) is 1. The second-order valence-corrected chi connectivity index (χ2v) is 6.84. The number of nitrogens with zero attached hydrogens (tertiary/aromatic N) is 2. The van der Waals surface area contributed by atoms with Crippen LogP contribution in [0.4, 0.5) is 0 Å². The molecule has 0 aromatic rings. The summed E-state index contributed by atoms with van der Waals surface area (Å²) in [5.41, 5.74) is 0. The van der Waals surface area contributed by atoms with Crippen molar-refractivity contribution in [3.63, 3.8) is 0 Å². The fourth-order valence-corrected chi connectivity index (χ4v) is 4.58. The number of fused-ring (bicyclic) bond motifs is 2. The second-order valence-electron chi connectivity index (χ2n) is 6.84. The topological polar surface area (TPSA) is 60.9 Å². The minimum atomic E-state index is -0.693. The number of carbonyl (C=O) groups excluding carboxylic acids is 1. The van der Waals surface area contributed by atoms with Gasteiger partial charge in [-0.1, -0.05) is 12.8 Å². The molecule has 5 heteroatoms. The predicted molar refractivity (Wildman–Crippen MR) is 78.9 cm³/mol. The average molecular weight is 294 g/mol. The molecule has 3 aliphatic rings. The van der Waals surface area contributed by atoms with Gasteiger partial charge in [0.05, 0.1) is 12.0 Å². The number of carbonyl (C=O) groups is 2. The first-order valence-electron chi connectivity index (χ1n) is 8.38. The van der Waals surface area contributed by atoms with Crippen LogP contribution in [0.5, 0.6) is 0 Å². The van der Waals surface area contributed by atoms with Gasteiger partial charge in [-0.05, 0) is 39.0 Å². The largest absolute Gasteiger partial charge is 0.481 e. The van der Waals surface area contributed by atoms with Crippen molar-refractivity contribution in [3.8, 4) is 0 Å². The van der Waals surface area contributed by atoms with Crippen molar-refractivity contribution >= 4 is 11.9 Å². The van der Waals surface area contributed by atoms with Gasteiger partial charge in [-0.2, -0.15) is 0 Å². The van der Waals surface area contributed by atoms with Gasteiger partial charge in [0, 0.05) is 25.2 Å². The molecule has 2 bridgehead atoms. The lowest BCUT2D eigenvalue weighted by Crippen LogP contribution is -2.50. The summed E-state index contributed by atoms with van der Waals surface area (Å²) in [7, 11) is 0. The molecule has 0 aromatic heterocycles. The third kappa shape index (κ3) is 2.68. The van der Waals surface area contributed by atoms with Gasteiger partial charge in [-0.15, -0.1) is 0 Å². The van der Waals surface area contributed by atoms with Crippen LogP contribution in [-0.2, 0) is 9.59 Å². The van der Waals surface area contributed by atoms with Crippen molar-refractivity contribution in [1.29, 1.82) is 0 Å². The van der Waals surface area contributed by atoms with Crippen molar-refractivity contribution in [2.24, 2.45) is 5.92 Å². The van der Waals surface area contributed by atoms with Crippen LogP contribution in [0.2, 0.25) is 0 Å². The quantitative estimate of drug-likeness (QED) is 0.861. The summed E-state index contributed by atoms with van der Waals surface area (Å²) in [6.45, 7) is 3.71. The molecule has 0 aromatic carbocycles. The van der Waals surface area contributed by atoms with Crippen LogP contribution < -0.4 is 0 Å². The molecule has 3 saturated heterocycles. The lowest BCUT2D eigenvalue weighted by molar-refractivity contribution is -0.144. The second kappa shape index (κ2) is 5.95. The first kappa shape index (κ1) is 14.8. The van der Waals surface area contributed by atoms with Gasteiger partial charge in [0.25, 0.3) is 0 Å². The van der Waals surface area contributed by atoms with Crippen LogP contribution >= 0.6 is 0 Å². The zero-order valence-corrected chi connectivity index (χ0v) is 12.8. The maximum Gasteiger partial charge on any atom is 0.308 e. The Morgan fingerprint density at radius 3 is 2.33 bits per heavy atom. The molecule has 3 fully saturated rings. The SMILES string of the molecule is CC(C(=O)N1CCCCCC1)N1C2CCC1C(C(=O)O)C2.